The molecule has 0 amide bonds. The van der Waals surface area contributed by atoms with Crippen molar-refractivity contribution >= 4 is 39.5 Å². The average Bonchev–Trinajstić information content (AvgIpc) is 3.66. The summed E-state index contributed by atoms with van der Waals surface area (Å²) >= 11 is 6.35. The van der Waals surface area contributed by atoms with Crippen molar-refractivity contribution in [2.45, 2.75) is 63.7 Å². The van der Waals surface area contributed by atoms with E-state index in [1.54, 1.807) is 7.11 Å². The van der Waals surface area contributed by atoms with Gasteiger partial charge in [-0.15, -0.1) is 0 Å². The topological polar surface area (TPSA) is 96.2 Å². The normalized spacial score (nSPS) is 23.0. The zero-order valence-corrected chi connectivity index (χ0v) is 24.6. The predicted molar refractivity (Wildman–Crippen MR) is 162 cm³/mol. The van der Waals surface area contributed by atoms with Crippen molar-refractivity contribution in [2.75, 3.05) is 12.4 Å². The van der Waals surface area contributed by atoms with E-state index >= 15 is 0 Å². The van der Waals surface area contributed by atoms with Crippen LogP contribution in [0.15, 0.2) is 67.3 Å². The van der Waals surface area contributed by atoms with Crippen LogP contribution in [0.5, 0.6) is 5.75 Å². The van der Waals surface area contributed by atoms with Gasteiger partial charge in [0.15, 0.2) is 5.79 Å². The summed E-state index contributed by atoms with van der Waals surface area (Å²) in [6.07, 6.45) is 8.22. The van der Waals surface area contributed by atoms with Crippen LogP contribution >= 0.6 is 11.6 Å². The van der Waals surface area contributed by atoms with Gasteiger partial charge in [-0.05, 0) is 74.4 Å². The van der Waals surface area contributed by atoms with E-state index in [9.17, 15) is 0 Å². The lowest BCUT2D eigenvalue weighted by atomic mass is 9.95. The van der Waals surface area contributed by atoms with Crippen LogP contribution in [-0.2, 0) is 22.4 Å². The van der Waals surface area contributed by atoms with Gasteiger partial charge in [0, 0.05) is 24.3 Å². The summed E-state index contributed by atoms with van der Waals surface area (Å²) in [6, 6.07) is 16.5. The minimum absolute atomic E-state index is 0.0105. The van der Waals surface area contributed by atoms with Gasteiger partial charge in [0.1, 0.15) is 29.0 Å². The predicted octanol–water partition coefficient (Wildman–Crippen LogP) is 6.36. The Kier molecular flexibility index (Phi) is 6.96. The highest BCUT2D eigenvalue weighted by molar-refractivity contribution is 6.33. The number of hydrogen-bond acceptors (Lipinski definition) is 8. The third kappa shape index (κ3) is 5.17. The Bertz CT molecular complexity index is 1740. The molecule has 1 unspecified atom stereocenters. The van der Waals surface area contributed by atoms with Crippen molar-refractivity contribution in [3.8, 4) is 5.75 Å². The van der Waals surface area contributed by atoms with Crippen LogP contribution in [0.4, 0.5) is 5.95 Å². The molecule has 0 radical (unpaired) electrons. The van der Waals surface area contributed by atoms with Gasteiger partial charge in [0.05, 0.1) is 30.2 Å². The number of anilines is 1. The molecular weight excluding hydrogens is 552 g/mol. The number of halogens is 1. The fourth-order valence-electron chi connectivity index (χ4n) is 6.41. The molecule has 216 valence electrons. The van der Waals surface area contributed by atoms with Crippen LogP contribution in [0.3, 0.4) is 0 Å². The Morgan fingerprint density at radius 1 is 1.02 bits per heavy atom. The summed E-state index contributed by atoms with van der Waals surface area (Å²) < 4.78 is 20.4. The van der Waals surface area contributed by atoms with E-state index in [1.165, 1.54) is 11.9 Å². The fourth-order valence-corrected chi connectivity index (χ4v) is 6.60. The van der Waals surface area contributed by atoms with Gasteiger partial charge in [-0.3, -0.25) is 0 Å². The summed E-state index contributed by atoms with van der Waals surface area (Å²) in [7, 11) is 1.67. The van der Waals surface area contributed by atoms with Gasteiger partial charge in [-0.1, -0.05) is 35.9 Å². The first-order chi connectivity index (χ1) is 20.4. The largest absolute Gasteiger partial charge is 0.497 e. The van der Waals surface area contributed by atoms with Crippen molar-refractivity contribution in [3.63, 3.8) is 0 Å². The lowest BCUT2D eigenvalue weighted by Gasteiger charge is -2.24. The summed E-state index contributed by atoms with van der Waals surface area (Å²) in [6.45, 7) is 4.62. The Morgan fingerprint density at radius 2 is 1.83 bits per heavy atom. The molecular formula is C32H33ClN6O3. The molecule has 10 heteroatoms. The van der Waals surface area contributed by atoms with Gasteiger partial charge in [-0.2, -0.15) is 0 Å². The van der Waals surface area contributed by atoms with E-state index in [0.29, 0.717) is 23.6 Å². The highest BCUT2D eigenvalue weighted by atomic mass is 35.5. The maximum Gasteiger partial charge on any atom is 0.223 e. The highest BCUT2D eigenvalue weighted by Gasteiger charge is 2.54. The number of hydrogen-bond donors (Lipinski definition) is 1. The maximum absolute atomic E-state index is 6.47. The molecule has 0 bridgehead atoms. The van der Waals surface area contributed by atoms with Crippen molar-refractivity contribution in [1.29, 1.82) is 0 Å². The van der Waals surface area contributed by atoms with Crippen LogP contribution in [-0.4, -0.2) is 49.6 Å². The number of rotatable bonds is 8. The molecule has 1 saturated heterocycles. The van der Waals surface area contributed by atoms with E-state index in [2.05, 4.69) is 43.0 Å². The van der Waals surface area contributed by atoms with Crippen LogP contribution in [0, 0.1) is 5.92 Å². The van der Waals surface area contributed by atoms with Crippen LogP contribution in [0.1, 0.15) is 43.9 Å². The molecule has 5 aromatic rings. The summed E-state index contributed by atoms with van der Waals surface area (Å²) in [5.74, 6) is 1.15. The molecule has 0 spiro atoms. The molecule has 1 N–H and O–H groups in total. The van der Waals surface area contributed by atoms with E-state index in [-0.39, 0.29) is 18.2 Å². The lowest BCUT2D eigenvalue weighted by molar-refractivity contribution is -0.160. The van der Waals surface area contributed by atoms with Crippen molar-refractivity contribution in [3.05, 3.63) is 83.5 Å². The monoisotopic (exact) mass is 584 g/mol. The number of aryl methyl sites for hydroxylation is 1. The molecule has 1 saturated carbocycles. The molecule has 4 heterocycles. The zero-order chi connectivity index (χ0) is 28.8. The number of nitrogens with one attached hydrogen (secondary N) is 1. The number of benzene rings is 2. The van der Waals surface area contributed by atoms with Crippen LogP contribution < -0.4 is 10.1 Å². The van der Waals surface area contributed by atoms with Gasteiger partial charge in [0.2, 0.25) is 5.95 Å². The van der Waals surface area contributed by atoms with Crippen LogP contribution in [0.25, 0.3) is 21.9 Å². The second-order valence-electron chi connectivity index (χ2n) is 11.6. The third-order valence-electron chi connectivity index (χ3n) is 8.43. The summed E-state index contributed by atoms with van der Waals surface area (Å²) in [5.41, 5.74) is 4.13. The molecule has 2 fully saturated rings. The molecule has 7 rings (SSSR count). The SMILES string of the molecule is COc1ccc(CNc2ncc3ccc(CCC4C[C@@H](n5ccc6c(Cl)ncnc65)[C@@H]5OC(C)(C)O[C@H]45)cc3n2)cc1. The van der Waals surface area contributed by atoms with Gasteiger partial charge in [-0.25, -0.2) is 19.9 Å². The molecule has 4 atom stereocenters. The summed E-state index contributed by atoms with van der Waals surface area (Å²) in [5, 5.41) is 5.68. The van der Waals surface area contributed by atoms with Gasteiger partial charge in [0.25, 0.3) is 0 Å². The number of ether oxygens (including phenoxy) is 3. The van der Waals surface area contributed by atoms with E-state index < -0.39 is 5.79 Å². The fraction of sp³-hybridized carbons (Fsp3) is 0.375. The molecule has 9 nitrogen and oxygen atoms in total. The Hall–Kier alpha value is -3.79. The minimum Gasteiger partial charge on any atom is -0.497 e. The van der Waals surface area contributed by atoms with Crippen molar-refractivity contribution in [1.82, 2.24) is 24.5 Å². The molecule has 42 heavy (non-hydrogen) atoms. The molecule has 3 aromatic heterocycles. The first kappa shape index (κ1) is 27.1. The lowest BCUT2D eigenvalue weighted by Crippen LogP contribution is -2.27. The van der Waals surface area contributed by atoms with Crippen molar-refractivity contribution in [2.24, 2.45) is 5.92 Å². The van der Waals surface area contributed by atoms with Crippen LogP contribution in [0.2, 0.25) is 5.15 Å². The van der Waals surface area contributed by atoms with E-state index in [4.69, 9.17) is 30.8 Å². The quantitative estimate of drug-likeness (QED) is 0.210. The highest BCUT2D eigenvalue weighted by Crippen LogP contribution is 2.49. The Morgan fingerprint density at radius 3 is 2.67 bits per heavy atom. The standard InChI is InChI=1S/C32H33ClN6O3/c1-32(2)41-27-21(15-26(28(27)42-32)39-13-12-24-29(33)36-18-37-30(24)39)8-4-19-5-9-22-17-35-31(38-25(22)14-19)34-16-20-6-10-23(40-3)11-7-20/h5-7,9-14,17-18,21,26-28H,4,8,15-16H2,1-3H3,(H,34,35,38)/t21?,26-,27-,28+/m1/s1. The van der Waals surface area contributed by atoms with Gasteiger partial charge < -0.3 is 24.1 Å². The second-order valence-corrected chi connectivity index (χ2v) is 11.9. The molecule has 1 aliphatic heterocycles. The smallest absolute Gasteiger partial charge is 0.223 e. The summed E-state index contributed by atoms with van der Waals surface area (Å²) in [4.78, 5) is 18.0. The Balaban J connectivity index is 1.06. The zero-order valence-electron chi connectivity index (χ0n) is 23.8. The van der Waals surface area contributed by atoms with Gasteiger partial charge >= 0.3 is 0 Å². The number of nitrogens with zero attached hydrogens (tertiary/aromatic N) is 5. The Labute approximate surface area is 249 Å². The van der Waals surface area contributed by atoms with Crippen molar-refractivity contribution < 1.29 is 14.2 Å². The first-order valence-corrected chi connectivity index (χ1v) is 14.7. The third-order valence-corrected chi connectivity index (χ3v) is 8.73. The molecule has 2 aliphatic rings. The van der Waals surface area contributed by atoms with E-state index in [1.807, 2.05) is 56.6 Å². The second kappa shape index (κ2) is 10.8. The first-order valence-electron chi connectivity index (χ1n) is 14.3. The number of fused-ring (bicyclic) bond motifs is 3. The maximum atomic E-state index is 6.47. The number of methoxy groups -OCH3 is 1. The average molecular weight is 585 g/mol. The molecule has 2 aromatic carbocycles. The number of aromatic nitrogens is 5. The minimum atomic E-state index is -0.628. The van der Waals surface area contributed by atoms with E-state index in [0.717, 1.165) is 52.5 Å². The molecule has 1 aliphatic carbocycles.